The first-order valence-electron chi connectivity index (χ1n) is 12.1. The van der Waals surface area contributed by atoms with Crippen LogP contribution in [0.5, 0.6) is 5.75 Å². The van der Waals surface area contributed by atoms with Crippen molar-refractivity contribution in [3.05, 3.63) is 81.3 Å². The molecule has 0 saturated carbocycles. The molecule has 0 unspecified atom stereocenters. The van der Waals surface area contributed by atoms with Crippen LogP contribution in [-0.4, -0.2) is 72.9 Å². The molecule has 1 aromatic heterocycles. The van der Waals surface area contributed by atoms with Gasteiger partial charge < -0.3 is 14.7 Å². The van der Waals surface area contributed by atoms with Crippen molar-refractivity contribution >= 4 is 33.1 Å². The van der Waals surface area contributed by atoms with E-state index in [1.54, 1.807) is 31.2 Å². The number of carbonyl (C=O) groups excluding carboxylic acids is 2. The van der Waals surface area contributed by atoms with Gasteiger partial charge in [-0.1, -0.05) is 42.5 Å². The molecule has 0 aliphatic heterocycles. The number of thiazole rings is 1. The molecule has 0 aliphatic carbocycles. The van der Waals surface area contributed by atoms with Crippen molar-refractivity contribution in [2.45, 2.75) is 32.4 Å². The van der Waals surface area contributed by atoms with E-state index in [-0.39, 0.29) is 12.2 Å². The molecular formula is C27H33N3O6S2. The zero-order chi connectivity index (χ0) is 27.9. The summed E-state index contributed by atoms with van der Waals surface area (Å²) in [6.45, 7) is 2.14. The number of ketones is 1. The molecule has 3 rings (SSSR count). The number of amides is 1. The molecule has 1 amide bonds. The van der Waals surface area contributed by atoms with Crippen molar-refractivity contribution in [2.75, 3.05) is 33.5 Å². The van der Waals surface area contributed by atoms with Gasteiger partial charge in [-0.25, -0.2) is 17.7 Å². The number of nitrogens with zero attached hydrogens (tertiary/aromatic N) is 3. The Bertz CT molecular complexity index is 1340. The van der Waals surface area contributed by atoms with Gasteiger partial charge in [0.15, 0.2) is 11.9 Å². The highest BCUT2D eigenvalue weighted by atomic mass is 32.2. The van der Waals surface area contributed by atoms with Crippen molar-refractivity contribution in [1.82, 2.24) is 14.2 Å². The van der Waals surface area contributed by atoms with Crippen LogP contribution in [0.3, 0.4) is 0 Å². The minimum absolute atomic E-state index is 0.0834. The number of hydrogen-bond donors (Lipinski definition) is 1. The smallest absolute Gasteiger partial charge is 0.256 e. The lowest BCUT2D eigenvalue weighted by atomic mass is 10.1. The van der Waals surface area contributed by atoms with E-state index in [0.29, 0.717) is 34.2 Å². The number of aliphatic hydroxyl groups is 1. The number of aryl methyl sites for hydroxylation is 2. The highest BCUT2D eigenvalue weighted by molar-refractivity contribution is 7.89. The topological polar surface area (TPSA) is 117 Å². The SMILES string of the molecule is COc1ccc([C@@H](O)C(=O)N(CCCc2ccccc2)Cc2nc(C(=O)CS(=O)(=O)N(C)C)c(C)s2)cc1. The van der Waals surface area contributed by atoms with Crippen LogP contribution in [0.4, 0.5) is 0 Å². The molecule has 0 bridgehead atoms. The number of carbonyl (C=O) groups is 2. The quantitative estimate of drug-likeness (QED) is 0.320. The molecule has 0 fully saturated rings. The molecule has 9 nitrogen and oxygen atoms in total. The Morgan fingerprint density at radius 3 is 2.34 bits per heavy atom. The summed E-state index contributed by atoms with van der Waals surface area (Å²) in [6.07, 6.45) is 0.0132. The highest BCUT2D eigenvalue weighted by Gasteiger charge is 2.27. The van der Waals surface area contributed by atoms with Gasteiger partial charge in [-0.15, -0.1) is 11.3 Å². The standard InChI is InChI=1S/C27H33N3O6S2/c1-19-25(23(31)18-38(34,35)29(2)3)28-24(37-19)17-30(16-8-11-20-9-6-5-7-10-20)27(33)26(32)21-12-14-22(36-4)15-13-21/h5-7,9-10,12-15,26,32H,8,11,16-18H2,1-4H3/t26-/m1/s1. The van der Waals surface area contributed by atoms with Gasteiger partial charge in [0.1, 0.15) is 22.2 Å². The fraction of sp³-hybridized carbons (Fsp3) is 0.370. The minimum atomic E-state index is -3.73. The number of benzene rings is 2. The summed E-state index contributed by atoms with van der Waals surface area (Å²) in [7, 11) is 0.545. The summed E-state index contributed by atoms with van der Waals surface area (Å²) in [5.74, 6) is -1.15. The minimum Gasteiger partial charge on any atom is -0.497 e. The van der Waals surface area contributed by atoms with Crippen molar-refractivity contribution < 1.29 is 27.9 Å². The van der Waals surface area contributed by atoms with Crippen molar-refractivity contribution in [1.29, 1.82) is 0 Å². The van der Waals surface area contributed by atoms with Gasteiger partial charge in [-0.2, -0.15) is 0 Å². The first-order chi connectivity index (χ1) is 18.0. The van der Waals surface area contributed by atoms with E-state index < -0.39 is 33.6 Å². The summed E-state index contributed by atoms with van der Waals surface area (Å²) in [5.41, 5.74) is 1.66. The van der Waals surface area contributed by atoms with Gasteiger partial charge in [0.2, 0.25) is 10.0 Å². The van der Waals surface area contributed by atoms with Gasteiger partial charge in [0.25, 0.3) is 5.91 Å². The second-order valence-electron chi connectivity index (χ2n) is 9.00. The Morgan fingerprint density at radius 1 is 1.08 bits per heavy atom. The summed E-state index contributed by atoms with van der Waals surface area (Å²) >= 11 is 1.23. The Morgan fingerprint density at radius 2 is 1.74 bits per heavy atom. The van der Waals surface area contributed by atoms with Crippen LogP contribution in [-0.2, 0) is 27.8 Å². The number of aliphatic hydroxyl groups excluding tert-OH is 1. The third-order valence-corrected chi connectivity index (χ3v) is 8.71. The van der Waals surface area contributed by atoms with E-state index in [0.717, 1.165) is 16.3 Å². The van der Waals surface area contributed by atoms with Gasteiger partial charge in [-0.05, 0) is 43.0 Å². The number of ether oxygens (including phenoxy) is 1. The third-order valence-electron chi connectivity index (χ3n) is 6.01. The molecule has 1 atom stereocenters. The second-order valence-corrected chi connectivity index (χ2v) is 12.5. The Labute approximate surface area is 227 Å². The van der Waals surface area contributed by atoms with Crippen LogP contribution in [0.2, 0.25) is 0 Å². The van der Waals surface area contributed by atoms with Crippen LogP contribution in [0.1, 0.15) is 44.0 Å². The Hall–Kier alpha value is -3.12. The van der Waals surface area contributed by atoms with E-state index in [1.807, 2.05) is 30.3 Å². The fourth-order valence-corrected chi connectivity index (χ4v) is 5.48. The lowest BCUT2D eigenvalue weighted by Gasteiger charge is -2.25. The molecular weight excluding hydrogens is 526 g/mol. The molecule has 1 heterocycles. The van der Waals surface area contributed by atoms with Crippen LogP contribution >= 0.6 is 11.3 Å². The number of sulfonamides is 1. The first kappa shape index (κ1) is 29.4. The summed E-state index contributed by atoms with van der Waals surface area (Å²) in [4.78, 5) is 32.6. The van der Waals surface area contributed by atoms with Gasteiger partial charge >= 0.3 is 0 Å². The van der Waals surface area contributed by atoms with Gasteiger partial charge in [-0.3, -0.25) is 9.59 Å². The number of Topliss-reactive ketones (excluding diaryl/α,β-unsaturated/α-hetero) is 1. The first-order valence-corrected chi connectivity index (χ1v) is 14.5. The predicted molar refractivity (Wildman–Crippen MR) is 147 cm³/mol. The van der Waals surface area contributed by atoms with Gasteiger partial charge in [0, 0.05) is 25.5 Å². The number of hydrogen-bond acceptors (Lipinski definition) is 8. The average molecular weight is 560 g/mol. The van der Waals surface area contributed by atoms with E-state index in [2.05, 4.69) is 4.98 Å². The Balaban J connectivity index is 1.80. The maximum absolute atomic E-state index is 13.4. The number of methoxy groups -OCH3 is 1. The van der Waals surface area contributed by atoms with Crippen molar-refractivity contribution in [2.24, 2.45) is 0 Å². The monoisotopic (exact) mass is 559 g/mol. The number of rotatable bonds is 13. The average Bonchev–Trinajstić information content (AvgIpc) is 3.27. The zero-order valence-corrected chi connectivity index (χ0v) is 23.6. The van der Waals surface area contributed by atoms with Gasteiger partial charge in [0.05, 0.1) is 13.7 Å². The Kier molecular flexibility index (Phi) is 10.1. The van der Waals surface area contributed by atoms with E-state index in [1.165, 1.54) is 37.4 Å². The zero-order valence-electron chi connectivity index (χ0n) is 22.0. The van der Waals surface area contributed by atoms with Crippen LogP contribution in [0.25, 0.3) is 0 Å². The maximum atomic E-state index is 13.4. The lowest BCUT2D eigenvalue weighted by Crippen LogP contribution is -2.35. The van der Waals surface area contributed by atoms with Crippen LogP contribution in [0.15, 0.2) is 54.6 Å². The largest absolute Gasteiger partial charge is 0.497 e. The molecule has 1 N–H and O–H groups in total. The summed E-state index contributed by atoms with van der Waals surface area (Å²) in [5, 5.41) is 11.4. The highest BCUT2D eigenvalue weighted by Crippen LogP contribution is 2.24. The molecule has 0 radical (unpaired) electrons. The molecule has 0 saturated heterocycles. The predicted octanol–water partition coefficient (Wildman–Crippen LogP) is 3.23. The lowest BCUT2D eigenvalue weighted by molar-refractivity contribution is -0.141. The van der Waals surface area contributed by atoms with Crippen LogP contribution < -0.4 is 4.74 Å². The van der Waals surface area contributed by atoms with E-state index in [9.17, 15) is 23.1 Å². The van der Waals surface area contributed by atoms with Crippen LogP contribution in [0, 0.1) is 6.92 Å². The van der Waals surface area contributed by atoms with E-state index >= 15 is 0 Å². The summed E-state index contributed by atoms with van der Waals surface area (Å²) < 4.78 is 30.5. The van der Waals surface area contributed by atoms with Crippen molar-refractivity contribution in [3.63, 3.8) is 0 Å². The molecule has 0 aliphatic rings. The second kappa shape index (κ2) is 13.1. The molecule has 2 aromatic carbocycles. The molecule has 204 valence electrons. The molecule has 3 aromatic rings. The summed E-state index contributed by atoms with van der Waals surface area (Å²) in [6, 6.07) is 16.5. The van der Waals surface area contributed by atoms with Crippen molar-refractivity contribution in [3.8, 4) is 5.75 Å². The maximum Gasteiger partial charge on any atom is 0.256 e. The fourth-order valence-electron chi connectivity index (χ4n) is 3.79. The molecule has 0 spiro atoms. The normalized spacial score (nSPS) is 12.4. The van der Waals surface area contributed by atoms with E-state index in [4.69, 9.17) is 4.74 Å². The number of aromatic nitrogens is 1. The molecule has 38 heavy (non-hydrogen) atoms. The molecule has 11 heteroatoms. The third kappa shape index (κ3) is 7.70.